The fraction of sp³-hybridized carbons (Fsp3) is 0.571. The van der Waals surface area contributed by atoms with Gasteiger partial charge >= 0.3 is 0 Å². The summed E-state index contributed by atoms with van der Waals surface area (Å²) < 4.78 is 0. The molecule has 1 aromatic heterocycles. The molecule has 3 N–H and O–H groups in total. The normalized spacial score (nSPS) is 22.4. The number of nitrogens with two attached hydrogens (primary N) is 1. The topological polar surface area (TPSA) is 68.0 Å². The van der Waals surface area contributed by atoms with Gasteiger partial charge in [-0.05, 0) is 30.4 Å². The van der Waals surface area contributed by atoms with Gasteiger partial charge in [0.1, 0.15) is 0 Å². The molecule has 1 saturated carbocycles. The van der Waals surface area contributed by atoms with E-state index in [9.17, 15) is 4.79 Å². The van der Waals surface area contributed by atoms with Gasteiger partial charge in [-0.25, -0.2) is 4.98 Å². The lowest BCUT2D eigenvalue weighted by molar-refractivity contribution is -0.124. The van der Waals surface area contributed by atoms with Gasteiger partial charge in [-0.1, -0.05) is 26.7 Å². The number of carbonyl (C=O) groups excluding carboxylic acids is 1. The molecular weight excluding hydrogens is 226 g/mol. The van der Waals surface area contributed by atoms with Gasteiger partial charge in [-0.15, -0.1) is 0 Å². The largest absolute Gasteiger partial charge is 0.396 e. The number of pyridine rings is 1. The fourth-order valence-corrected chi connectivity index (χ4v) is 2.71. The van der Waals surface area contributed by atoms with E-state index in [1.807, 2.05) is 0 Å². The Morgan fingerprint density at radius 3 is 2.94 bits per heavy atom. The Hall–Kier alpha value is -1.58. The summed E-state index contributed by atoms with van der Waals surface area (Å²) in [5, 5.41) is 2.86. The van der Waals surface area contributed by atoms with E-state index in [0.29, 0.717) is 11.5 Å². The highest BCUT2D eigenvalue weighted by atomic mass is 16.2. The molecule has 18 heavy (non-hydrogen) atoms. The molecule has 0 bridgehead atoms. The third-order valence-corrected chi connectivity index (χ3v) is 3.90. The maximum Gasteiger partial charge on any atom is 0.229 e. The van der Waals surface area contributed by atoms with Crippen molar-refractivity contribution in [3.63, 3.8) is 0 Å². The lowest BCUT2D eigenvalue weighted by Gasteiger charge is -2.37. The van der Waals surface area contributed by atoms with Gasteiger partial charge in [-0.3, -0.25) is 4.79 Å². The van der Waals surface area contributed by atoms with Crippen molar-refractivity contribution >= 4 is 17.4 Å². The van der Waals surface area contributed by atoms with E-state index in [2.05, 4.69) is 24.1 Å². The minimum absolute atomic E-state index is 0.0464. The number of hydrogen-bond donors (Lipinski definition) is 2. The van der Waals surface area contributed by atoms with Crippen LogP contribution in [0.5, 0.6) is 0 Å². The van der Waals surface area contributed by atoms with Crippen molar-refractivity contribution in [2.24, 2.45) is 11.3 Å². The van der Waals surface area contributed by atoms with Gasteiger partial charge in [0.2, 0.25) is 5.91 Å². The first-order chi connectivity index (χ1) is 8.50. The second-order valence-electron chi connectivity index (χ2n) is 5.72. The third kappa shape index (κ3) is 2.63. The summed E-state index contributed by atoms with van der Waals surface area (Å²) in [7, 11) is 0. The highest BCUT2D eigenvalue weighted by Crippen LogP contribution is 2.41. The summed E-state index contributed by atoms with van der Waals surface area (Å²) in [6.07, 6.45) is 6.02. The van der Waals surface area contributed by atoms with Gasteiger partial charge in [-0.2, -0.15) is 0 Å². The zero-order chi connectivity index (χ0) is 13.2. The predicted octanol–water partition coefficient (Wildman–Crippen LogP) is 2.82. The summed E-state index contributed by atoms with van der Waals surface area (Å²) in [5.41, 5.74) is 6.36. The van der Waals surface area contributed by atoms with Crippen molar-refractivity contribution in [2.45, 2.75) is 39.5 Å². The molecule has 1 heterocycles. The summed E-state index contributed by atoms with van der Waals surface area (Å²) in [6, 6.07) is 3.50. The van der Waals surface area contributed by atoms with Crippen LogP contribution in [0, 0.1) is 11.3 Å². The maximum atomic E-state index is 12.3. The molecule has 4 nitrogen and oxygen atoms in total. The van der Waals surface area contributed by atoms with Crippen LogP contribution in [0.3, 0.4) is 0 Å². The van der Waals surface area contributed by atoms with E-state index >= 15 is 0 Å². The average Bonchev–Trinajstić information content (AvgIpc) is 2.31. The molecule has 0 aromatic carbocycles. The number of nitrogens with one attached hydrogen (secondary N) is 1. The molecule has 2 rings (SSSR count). The molecule has 1 amide bonds. The van der Waals surface area contributed by atoms with E-state index in [0.717, 1.165) is 19.3 Å². The second kappa shape index (κ2) is 4.96. The summed E-state index contributed by atoms with van der Waals surface area (Å²) in [4.78, 5) is 16.4. The van der Waals surface area contributed by atoms with E-state index in [1.165, 1.54) is 6.42 Å². The number of hydrogen-bond acceptors (Lipinski definition) is 3. The first-order valence-corrected chi connectivity index (χ1v) is 6.52. The summed E-state index contributed by atoms with van der Waals surface area (Å²) in [6.45, 7) is 4.33. The number of carbonyl (C=O) groups is 1. The second-order valence-corrected chi connectivity index (χ2v) is 5.72. The van der Waals surface area contributed by atoms with Crippen molar-refractivity contribution < 1.29 is 4.79 Å². The van der Waals surface area contributed by atoms with E-state index in [1.54, 1.807) is 18.3 Å². The van der Waals surface area contributed by atoms with Crippen LogP contribution < -0.4 is 11.1 Å². The smallest absolute Gasteiger partial charge is 0.229 e. The molecule has 0 spiro atoms. The van der Waals surface area contributed by atoms with E-state index in [-0.39, 0.29) is 17.2 Å². The van der Waals surface area contributed by atoms with Crippen LogP contribution in [0.15, 0.2) is 18.3 Å². The van der Waals surface area contributed by atoms with Gasteiger partial charge < -0.3 is 11.1 Å². The highest BCUT2D eigenvalue weighted by Gasteiger charge is 2.37. The van der Waals surface area contributed by atoms with E-state index in [4.69, 9.17) is 5.73 Å². The highest BCUT2D eigenvalue weighted by molar-refractivity contribution is 5.94. The van der Waals surface area contributed by atoms with Crippen LogP contribution in [0.2, 0.25) is 0 Å². The number of nitrogens with zero attached hydrogens (tertiary/aromatic N) is 1. The molecule has 0 radical (unpaired) electrons. The monoisotopic (exact) mass is 247 g/mol. The van der Waals surface area contributed by atoms with Gasteiger partial charge in [0, 0.05) is 12.1 Å². The Kier molecular flexibility index (Phi) is 3.55. The molecule has 0 saturated heterocycles. The minimum atomic E-state index is 0.0464. The number of aromatic nitrogens is 1. The van der Waals surface area contributed by atoms with Crippen molar-refractivity contribution in [3.05, 3.63) is 18.3 Å². The third-order valence-electron chi connectivity index (χ3n) is 3.90. The van der Waals surface area contributed by atoms with Crippen molar-refractivity contribution in [3.8, 4) is 0 Å². The minimum Gasteiger partial charge on any atom is -0.396 e. The first kappa shape index (κ1) is 12.9. The van der Waals surface area contributed by atoms with Crippen molar-refractivity contribution in [2.75, 3.05) is 11.1 Å². The number of nitrogen functional groups attached to an aromatic ring is 1. The quantitative estimate of drug-likeness (QED) is 0.844. The Morgan fingerprint density at radius 2 is 2.28 bits per heavy atom. The van der Waals surface area contributed by atoms with Crippen molar-refractivity contribution in [1.82, 2.24) is 4.98 Å². The first-order valence-electron chi connectivity index (χ1n) is 6.52. The molecule has 1 aliphatic rings. The van der Waals surface area contributed by atoms with Crippen LogP contribution in [0.1, 0.15) is 39.5 Å². The molecule has 1 atom stereocenters. The van der Waals surface area contributed by atoms with E-state index < -0.39 is 0 Å². The lowest BCUT2D eigenvalue weighted by Crippen LogP contribution is -2.37. The Morgan fingerprint density at radius 1 is 1.50 bits per heavy atom. The summed E-state index contributed by atoms with van der Waals surface area (Å²) >= 11 is 0. The molecule has 4 heteroatoms. The SMILES string of the molecule is CC1(C)CCCCC1C(=O)Nc1ncccc1N. The molecular formula is C14H21N3O. The molecule has 1 aliphatic carbocycles. The average molecular weight is 247 g/mol. The maximum absolute atomic E-state index is 12.3. The predicted molar refractivity (Wildman–Crippen MR) is 73.0 cm³/mol. The molecule has 1 aromatic rings. The Bertz CT molecular complexity index is 442. The molecule has 1 unspecified atom stereocenters. The van der Waals surface area contributed by atoms with Crippen molar-refractivity contribution in [1.29, 1.82) is 0 Å². The number of amides is 1. The number of rotatable bonds is 2. The standard InChI is InChI=1S/C14H21N3O/c1-14(2)8-4-3-6-10(14)13(18)17-12-11(15)7-5-9-16-12/h5,7,9-10H,3-4,6,8,15H2,1-2H3,(H,16,17,18). The summed E-state index contributed by atoms with van der Waals surface area (Å²) in [5.74, 6) is 0.571. The Labute approximate surface area is 108 Å². The van der Waals surface area contributed by atoms with Crippen LogP contribution in [-0.4, -0.2) is 10.9 Å². The van der Waals surface area contributed by atoms with Crippen LogP contribution in [0.25, 0.3) is 0 Å². The Balaban J connectivity index is 2.10. The molecule has 1 fully saturated rings. The van der Waals surface area contributed by atoms with Gasteiger partial charge in [0.15, 0.2) is 5.82 Å². The van der Waals surface area contributed by atoms with Crippen LogP contribution in [0.4, 0.5) is 11.5 Å². The zero-order valence-electron chi connectivity index (χ0n) is 11.1. The lowest BCUT2D eigenvalue weighted by atomic mass is 9.68. The fourth-order valence-electron chi connectivity index (χ4n) is 2.71. The van der Waals surface area contributed by atoms with Gasteiger partial charge in [0.25, 0.3) is 0 Å². The zero-order valence-corrected chi connectivity index (χ0v) is 11.1. The number of anilines is 2. The molecule has 0 aliphatic heterocycles. The molecule has 98 valence electrons. The van der Waals surface area contributed by atoms with Crippen LogP contribution in [-0.2, 0) is 4.79 Å². The van der Waals surface area contributed by atoms with Gasteiger partial charge in [0.05, 0.1) is 5.69 Å². The van der Waals surface area contributed by atoms with Crippen LogP contribution >= 0.6 is 0 Å².